The molecule has 12 heteroatoms. The summed E-state index contributed by atoms with van der Waals surface area (Å²) in [6.07, 6.45) is 0.0573. The number of benzene rings is 2. The van der Waals surface area contributed by atoms with E-state index in [0.717, 1.165) is 39.1 Å². The molecule has 2 atom stereocenters. The normalized spacial score (nSPS) is 13.1. The lowest BCUT2D eigenvalue weighted by Crippen LogP contribution is -2.43. The number of nitrogens with one attached hydrogen (secondary N) is 1. The molecule has 0 amide bonds. The highest BCUT2D eigenvalue weighted by atomic mass is 16.5. The Morgan fingerprint density at radius 2 is 1.60 bits per heavy atom. The predicted octanol–water partition coefficient (Wildman–Crippen LogP) is 3.54. The largest absolute Gasteiger partial charge is 0.361 e. The van der Waals surface area contributed by atoms with Crippen molar-refractivity contribution >= 4 is 11.2 Å². The third-order valence-corrected chi connectivity index (χ3v) is 7.11. The summed E-state index contributed by atoms with van der Waals surface area (Å²) in [6.45, 7) is 5.86. The first kappa shape index (κ1) is 27.2. The standard InChI is InChI=1S/C28H32N8O4/c1-6-9-23-29-26-24(27(37)36(18(3)40-5)28(38)35(26)17(2)39-4)34(23)16-19-12-14-20(15-13-19)21-10-7-8-11-22(21)25-30-32-33-31-25/h7-8,10-15,17-18H,6,9,16H2,1-5H3,(H,30,31,32,33). The first-order valence-corrected chi connectivity index (χ1v) is 13.1. The number of aromatic amines is 1. The van der Waals surface area contributed by atoms with Crippen molar-refractivity contribution in [1.29, 1.82) is 0 Å². The maximum atomic E-state index is 13.8. The topological polar surface area (TPSA) is 135 Å². The lowest BCUT2D eigenvalue weighted by molar-refractivity contribution is 0.0374. The Morgan fingerprint density at radius 3 is 2.23 bits per heavy atom. The minimum Gasteiger partial charge on any atom is -0.361 e. The Bertz CT molecular complexity index is 1740. The van der Waals surface area contributed by atoms with E-state index in [1.165, 1.54) is 18.8 Å². The second-order valence-electron chi connectivity index (χ2n) is 9.53. The summed E-state index contributed by atoms with van der Waals surface area (Å²) in [6, 6.07) is 16.0. The number of hydrogen-bond acceptors (Lipinski definition) is 8. The van der Waals surface area contributed by atoms with Gasteiger partial charge >= 0.3 is 5.69 Å². The number of ether oxygens (including phenoxy) is 2. The fourth-order valence-electron chi connectivity index (χ4n) is 4.90. The molecule has 208 valence electrons. The Balaban J connectivity index is 1.63. The molecule has 5 rings (SSSR count). The Hall–Kier alpha value is -4.42. The second kappa shape index (κ2) is 11.4. The van der Waals surface area contributed by atoms with Gasteiger partial charge in [-0.1, -0.05) is 55.5 Å². The van der Waals surface area contributed by atoms with Gasteiger partial charge in [0.1, 0.15) is 18.3 Å². The monoisotopic (exact) mass is 544 g/mol. The van der Waals surface area contributed by atoms with E-state index >= 15 is 0 Å². The van der Waals surface area contributed by atoms with Gasteiger partial charge in [0, 0.05) is 32.7 Å². The number of aromatic nitrogens is 8. The molecular formula is C28H32N8O4. The first-order chi connectivity index (χ1) is 19.4. The number of tetrazole rings is 1. The number of rotatable bonds is 10. The van der Waals surface area contributed by atoms with Crippen LogP contribution < -0.4 is 11.2 Å². The fraction of sp³-hybridized carbons (Fsp3) is 0.357. The zero-order valence-electron chi connectivity index (χ0n) is 23.2. The summed E-state index contributed by atoms with van der Waals surface area (Å²) in [5, 5.41) is 14.3. The van der Waals surface area contributed by atoms with Crippen LogP contribution in [0.5, 0.6) is 0 Å². The molecule has 12 nitrogen and oxygen atoms in total. The van der Waals surface area contributed by atoms with Crippen LogP contribution in [-0.4, -0.2) is 53.5 Å². The van der Waals surface area contributed by atoms with Crippen molar-refractivity contribution in [3.05, 3.63) is 80.8 Å². The van der Waals surface area contributed by atoms with Crippen LogP contribution >= 0.6 is 0 Å². The summed E-state index contributed by atoms with van der Waals surface area (Å²) in [5.74, 6) is 1.31. The molecule has 2 unspecified atom stereocenters. The molecule has 0 saturated heterocycles. The zero-order valence-corrected chi connectivity index (χ0v) is 23.2. The van der Waals surface area contributed by atoms with Gasteiger partial charge in [-0.25, -0.2) is 24.0 Å². The molecule has 0 aliphatic rings. The Morgan fingerprint density at radius 1 is 0.925 bits per heavy atom. The van der Waals surface area contributed by atoms with Gasteiger partial charge in [-0.3, -0.25) is 4.79 Å². The van der Waals surface area contributed by atoms with Gasteiger partial charge in [0.2, 0.25) is 0 Å². The first-order valence-electron chi connectivity index (χ1n) is 13.1. The van der Waals surface area contributed by atoms with Gasteiger partial charge < -0.3 is 14.0 Å². The van der Waals surface area contributed by atoms with E-state index in [0.29, 0.717) is 30.0 Å². The number of fused-ring (bicyclic) bond motifs is 1. The van der Waals surface area contributed by atoms with Crippen LogP contribution in [0.4, 0.5) is 0 Å². The molecule has 1 N–H and O–H groups in total. The summed E-state index contributed by atoms with van der Waals surface area (Å²) in [7, 11) is 2.98. The Kier molecular flexibility index (Phi) is 7.71. The van der Waals surface area contributed by atoms with Crippen LogP contribution in [0.15, 0.2) is 58.1 Å². The van der Waals surface area contributed by atoms with Gasteiger partial charge in [0.25, 0.3) is 5.56 Å². The van der Waals surface area contributed by atoms with E-state index in [1.807, 2.05) is 53.1 Å². The molecule has 0 aliphatic carbocycles. The molecule has 0 spiro atoms. The average Bonchev–Trinajstić information content (AvgIpc) is 3.62. The van der Waals surface area contributed by atoms with Crippen molar-refractivity contribution in [3.8, 4) is 22.5 Å². The van der Waals surface area contributed by atoms with E-state index < -0.39 is 23.7 Å². The maximum absolute atomic E-state index is 13.8. The highest BCUT2D eigenvalue weighted by Gasteiger charge is 2.26. The van der Waals surface area contributed by atoms with Crippen LogP contribution in [0.2, 0.25) is 0 Å². The highest BCUT2D eigenvalue weighted by Crippen LogP contribution is 2.30. The SMILES string of the molecule is CCCc1nc2c(c(=O)n(C(C)OC)c(=O)n2C(C)OC)n1Cc1ccc(-c2ccccc2-c2nnn[nH]2)cc1. The predicted molar refractivity (Wildman–Crippen MR) is 150 cm³/mol. The van der Waals surface area contributed by atoms with Crippen LogP contribution in [-0.2, 0) is 22.4 Å². The summed E-state index contributed by atoms with van der Waals surface area (Å²) >= 11 is 0. The minimum atomic E-state index is -0.767. The van der Waals surface area contributed by atoms with Crippen molar-refractivity contribution in [2.45, 2.75) is 52.6 Å². The van der Waals surface area contributed by atoms with Crippen LogP contribution in [0, 0.1) is 0 Å². The molecule has 3 heterocycles. The summed E-state index contributed by atoms with van der Waals surface area (Å²) < 4.78 is 15.3. The van der Waals surface area contributed by atoms with Gasteiger partial charge in [-0.05, 0) is 47.4 Å². The Labute approximate surface area is 230 Å². The van der Waals surface area contributed by atoms with Crippen molar-refractivity contribution < 1.29 is 9.47 Å². The van der Waals surface area contributed by atoms with Crippen LogP contribution in [0.1, 0.15) is 51.0 Å². The summed E-state index contributed by atoms with van der Waals surface area (Å²) in [5.41, 5.74) is 3.52. The molecule has 0 bridgehead atoms. The number of H-pyrrole nitrogens is 1. The third kappa shape index (κ3) is 4.75. The number of imidazole rings is 1. The molecule has 2 aromatic carbocycles. The van der Waals surface area contributed by atoms with Crippen molar-refractivity contribution in [1.82, 2.24) is 39.3 Å². The number of methoxy groups -OCH3 is 2. The molecule has 0 aliphatic heterocycles. The lowest BCUT2D eigenvalue weighted by atomic mass is 9.98. The van der Waals surface area contributed by atoms with Crippen LogP contribution in [0.3, 0.4) is 0 Å². The number of aryl methyl sites for hydroxylation is 1. The van der Waals surface area contributed by atoms with Crippen molar-refractivity contribution in [2.75, 3.05) is 14.2 Å². The van der Waals surface area contributed by atoms with Crippen LogP contribution in [0.25, 0.3) is 33.7 Å². The van der Waals surface area contributed by atoms with Gasteiger partial charge in [0.05, 0.1) is 0 Å². The molecule has 0 fully saturated rings. The maximum Gasteiger partial charge on any atom is 0.337 e. The molecular weight excluding hydrogens is 512 g/mol. The van der Waals surface area contributed by atoms with E-state index in [-0.39, 0.29) is 0 Å². The van der Waals surface area contributed by atoms with E-state index in [2.05, 4.69) is 27.5 Å². The van der Waals surface area contributed by atoms with Crippen molar-refractivity contribution in [2.24, 2.45) is 0 Å². The van der Waals surface area contributed by atoms with E-state index in [1.54, 1.807) is 13.8 Å². The van der Waals surface area contributed by atoms with Crippen molar-refractivity contribution in [3.63, 3.8) is 0 Å². The van der Waals surface area contributed by atoms with Gasteiger partial charge in [-0.15, -0.1) is 5.10 Å². The van der Waals surface area contributed by atoms with E-state index in [9.17, 15) is 9.59 Å². The molecule has 0 radical (unpaired) electrons. The number of nitrogens with zero attached hydrogens (tertiary/aromatic N) is 7. The summed E-state index contributed by atoms with van der Waals surface area (Å²) in [4.78, 5) is 32.0. The molecule has 5 aromatic rings. The number of hydrogen-bond donors (Lipinski definition) is 1. The third-order valence-electron chi connectivity index (χ3n) is 7.11. The quantitative estimate of drug-likeness (QED) is 0.282. The molecule has 40 heavy (non-hydrogen) atoms. The van der Waals surface area contributed by atoms with Gasteiger partial charge in [0.15, 0.2) is 17.0 Å². The molecule has 0 saturated carbocycles. The smallest absolute Gasteiger partial charge is 0.337 e. The minimum absolute atomic E-state index is 0.304. The average molecular weight is 545 g/mol. The van der Waals surface area contributed by atoms with E-state index in [4.69, 9.17) is 14.5 Å². The molecule has 3 aromatic heterocycles. The zero-order chi connectivity index (χ0) is 28.4. The highest BCUT2D eigenvalue weighted by molar-refractivity contribution is 5.80. The second-order valence-corrected chi connectivity index (χ2v) is 9.53. The lowest BCUT2D eigenvalue weighted by Gasteiger charge is -2.19. The fourth-order valence-corrected chi connectivity index (χ4v) is 4.90. The van der Waals surface area contributed by atoms with Gasteiger partial charge in [-0.2, -0.15) is 0 Å².